The van der Waals surface area contributed by atoms with Gasteiger partial charge in [-0.2, -0.15) is 0 Å². The number of anilines is 1. The zero-order chi connectivity index (χ0) is 22.7. The van der Waals surface area contributed by atoms with Gasteiger partial charge in [0.25, 0.3) is 0 Å². The molecule has 4 aromatic rings. The van der Waals surface area contributed by atoms with Crippen LogP contribution in [0.5, 0.6) is 11.5 Å². The predicted molar refractivity (Wildman–Crippen MR) is 126 cm³/mol. The Balaban J connectivity index is 1.71. The molecule has 2 aromatic carbocycles. The zero-order valence-electron chi connectivity index (χ0n) is 17.8. The Morgan fingerprint density at radius 3 is 2.59 bits per heavy atom. The molecule has 0 aliphatic rings. The van der Waals surface area contributed by atoms with Crippen LogP contribution in [0.4, 0.5) is 5.69 Å². The SMILES string of the molecule is COc1ccc(-c2coc3cc(OC)c(/C(C)=C/C(=O)Nc4cccnc4Cl)cc23)cc1. The van der Waals surface area contributed by atoms with Gasteiger partial charge in [0, 0.05) is 34.9 Å². The lowest BCUT2D eigenvalue weighted by Crippen LogP contribution is -2.09. The van der Waals surface area contributed by atoms with Crippen molar-refractivity contribution in [1.29, 1.82) is 0 Å². The normalized spacial score (nSPS) is 11.4. The molecular weight excluding hydrogens is 428 g/mol. The summed E-state index contributed by atoms with van der Waals surface area (Å²) in [5, 5.41) is 3.89. The lowest BCUT2D eigenvalue weighted by Gasteiger charge is -2.10. The van der Waals surface area contributed by atoms with E-state index in [0.29, 0.717) is 17.0 Å². The second-order valence-corrected chi connectivity index (χ2v) is 7.44. The molecule has 0 saturated carbocycles. The number of hydrogen-bond acceptors (Lipinski definition) is 5. The summed E-state index contributed by atoms with van der Waals surface area (Å²) < 4.78 is 16.6. The van der Waals surface area contributed by atoms with Gasteiger partial charge in [-0.3, -0.25) is 4.79 Å². The number of methoxy groups -OCH3 is 2. The molecule has 0 bridgehead atoms. The minimum Gasteiger partial charge on any atom is -0.497 e. The first-order valence-corrected chi connectivity index (χ1v) is 10.2. The van der Waals surface area contributed by atoms with Gasteiger partial charge >= 0.3 is 0 Å². The van der Waals surface area contributed by atoms with E-state index in [-0.39, 0.29) is 11.1 Å². The smallest absolute Gasteiger partial charge is 0.248 e. The molecule has 32 heavy (non-hydrogen) atoms. The molecule has 0 saturated heterocycles. The van der Waals surface area contributed by atoms with E-state index in [0.717, 1.165) is 33.4 Å². The van der Waals surface area contributed by atoms with E-state index in [9.17, 15) is 4.79 Å². The Bertz CT molecular complexity index is 1310. The van der Waals surface area contributed by atoms with Gasteiger partial charge in [-0.25, -0.2) is 4.98 Å². The van der Waals surface area contributed by atoms with E-state index in [1.165, 1.54) is 6.08 Å². The first-order valence-electron chi connectivity index (χ1n) is 9.84. The fourth-order valence-corrected chi connectivity index (χ4v) is 3.62. The highest BCUT2D eigenvalue weighted by molar-refractivity contribution is 6.32. The molecule has 6 nitrogen and oxygen atoms in total. The Morgan fingerprint density at radius 1 is 1.12 bits per heavy atom. The summed E-state index contributed by atoms with van der Waals surface area (Å²) in [5.41, 5.74) is 4.57. The van der Waals surface area contributed by atoms with Crippen LogP contribution in [0.15, 0.2) is 71.5 Å². The molecule has 0 spiro atoms. The third-order valence-corrected chi connectivity index (χ3v) is 5.39. The molecule has 7 heteroatoms. The van der Waals surface area contributed by atoms with Crippen LogP contribution in [0.3, 0.4) is 0 Å². The van der Waals surface area contributed by atoms with Crippen molar-refractivity contribution >= 4 is 39.7 Å². The van der Waals surface area contributed by atoms with Crippen LogP contribution >= 0.6 is 11.6 Å². The van der Waals surface area contributed by atoms with Crippen molar-refractivity contribution in [3.8, 4) is 22.6 Å². The van der Waals surface area contributed by atoms with E-state index in [1.807, 2.05) is 43.3 Å². The van der Waals surface area contributed by atoms with E-state index in [2.05, 4.69) is 10.3 Å². The van der Waals surface area contributed by atoms with Gasteiger partial charge in [-0.15, -0.1) is 0 Å². The molecular formula is C25H21ClN2O4. The Kier molecular flexibility index (Phi) is 6.14. The Morgan fingerprint density at radius 2 is 1.91 bits per heavy atom. The number of fused-ring (bicyclic) bond motifs is 1. The molecule has 0 aliphatic carbocycles. The van der Waals surface area contributed by atoms with Crippen molar-refractivity contribution in [2.24, 2.45) is 0 Å². The molecule has 0 fully saturated rings. The van der Waals surface area contributed by atoms with E-state index in [1.54, 1.807) is 38.8 Å². The minimum absolute atomic E-state index is 0.230. The summed E-state index contributed by atoms with van der Waals surface area (Å²) >= 11 is 6.03. The first-order chi connectivity index (χ1) is 15.5. The minimum atomic E-state index is -0.317. The highest BCUT2D eigenvalue weighted by Crippen LogP contribution is 2.37. The Labute approximate surface area is 190 Å². The highest BCUT2D eigenvalue weighted by Gasteiger charge is 2.15. The molecule has 2 aromatic heterocycles. The van der Waals surface area contributed by atoms with Crippen molar-refractivity contribution < 1.29 is 18.7 Å². The maximum Gasteiger partial charge on any atom is 0.248 e. The number of nitrogens with one attached hydrogen (secondary N) is 1. The van der Waals surface area contributed by atoms with Crippen molar-refractivity contribution in [3.05, 3.63) is 77.8 Å². The van der Waals surface area contributed by atoms with E-state index < -0.39 is 0 Å². The standard InChI is InChI=1S/C25H21ClN2O4/c1-15(11-24(29)28-21-5-4-10-27-25(21)26)18-12-19-20(14-32-23(19)13-22(18)31-3)16-6-8-17(30-2)9-7-16/h4-14H,1-3H3,(H,28,29)/b15-11+. The number of carbonyl (C=O) groups excluding carboxylic acids is 1. The molecule has 1 N–H and O–H groups in total. The van der Waals surface area contributed by atoms with Crippen molar-refractivity contribution in [2.75, 3.05) is 19.5 Å². The molecule has 2 heterocycles. The summed E-state index contributed by atoms with van der Waals surface area (Å²) in [6, 6.07) is 14.9. The van der Waals surface area contributed by atoms with Crippen LogP contribution in [0.1, 0.15) is 12.5 Å². The number of furan rings is 1. The third kappa shape index (κ3) is 4.31. The third-order valence-electron chi connectivity index (χ3n) is 5.09. The second kappa shape index (κ2) is 9.16. The average Bonchev–Trinajstić information content (AvgIpc) is 3.22. The predicted octanol–water partition coefficient (Wildman–Crippen LogP) is 6.21. The Hall–Kier alpha value is -3.77. The van der Waals surface area contributed by atoms with Gasteiger partial charge in [0.15, 0.2) is 5.15 Å². The monoisotopic (exact) mass is 448 g/mol. The van der Waals surface area contributed by atoms with Crippen LogP contribution in [0.25, 0.3) is 27.7 Å². The number of aromatic nitrogens is 1. The molecule has 4 rings (SSSR count). The molecule has 0 atom stereocenters. The van der Waals surface area contributed by atoms with Gasteiger partial charge in [0.1, 0.15) is 17.1 Å². The molecule has 1 amide bonds. The van der Waals surface area contributed by atoms with Gasteiger partial charge in [0.05, 0.1) is 26.2 Å². The van der Waals surface area contributed by atoms with Crippen LogP contribution in [-0.2, 0) is 4.79 Å². The molecule has 0 aliphatic heterocycles. The van der Waals surface area contributed by atoms with Crippen LogP contribution in [0, 0.1) is 0 Å². The van der Waals surface area contributed by atoms with Crippen LogP contribution in [-0.4, -0.2) is 25.1 Å². The number of pyridine rings is 1. The summed E-state index contributed by atoms with van der Waals surface area (Å²) in [7, 11) is 3.22. The first kappa shape index (κ1) is 21.5. The van der Waals surface area contributed by atoms with E-state index >= 15 is 0 Å². The van der Waals surface area contributed by atoms with Gasteiger partial charge in [-0.1, -0.05) is 23.7 Å². The topological polar surface area (TPSA) is 73.6 Å². The van der Waals surface area contributed by atoms with E-state index in [4.69, 9.17) is 25.5 Å². The molecule has 162 valence electrons. The number of nitrogens with zero attached hydrogens (tertiary/aromatic N) is 1. The number of amides is 1. The number of hydrogen-bond donors (Lipinski definition) is 1. The van der Waals surface area contributed by atoms with Crippen LogP contribution < -0.4 is 14.8 Å². The molecule has 0 unspecified atom stereocenters. The average molecular weight is 449 g/mol. The number of benzene rings is 2. The summed E-state index contributed by atoms with van der Waals surface area (Å²) in [4.78, 5) is 16.5. The summed E-state index contributed by atoms with van der Waals surface area (Å²) in [6.07, 6.45) is 4.77. The lowest BCUT2D eigenvalue weighted by molar-refractivity contribution is -0.111. The van der Waals surface area contributed by atoms with Crippen molar-refractivity contribution in [3.63, 3.8) is 0 Å². The number of carbonyl (C=O) groups is 1. The number of allylic oxidation sites excluding steroid dienone is 1. The lowest BCUT2D eigenvalue weighted by atomic mass is 9.99. The van der Waals surface area contributed by atoms with Crippen molar-refractivity contribution in [1.82, 2.24) is 4.98 Å². The largest absolute Gasteiger partial charge is 0.497 e. The number of rotatable bonds is 6. The maximum absolute atomic E-state index is 12.6. The van der Waals surface area contributed by atoms with Gasteiger partial charge in [-0.05, 0) is 48.4 Å². The summed E-state index contributed by atoms with van der Waals surface area (Å²) in [5.74, 6) is 1.07. The number of halogens is 1. The second-order valence-electron chi connectivity index (χ2n) is 7.08. The van der Waals surface area contributed by atoms with Crippen molar-refractivity contribution in [2.45, 2.75) is 6.92 Å². The number of ether oxygens (including phenoxy) is 2. The fraction of sp³-hybridized carbons (Fsp3) is 0.120. The highest BCUT2D eigenvalue weighted by atomic mass is 35.5. The fourth-order valence-electron chi connectivity index (χ4n) is 3.45. The maximum atomic E-state index is 12.6. The van der Waals surface area contributed by atoms with Gasteiger partial charge < -0.3 is 19.2 Å². The van der Waals surface area contributed by atoms with Gasteiger partial charge in [0.2, 0.25) is 5.91 Å². The van der Waals surface area contributed by atoms with Crippen LogP contribution in [0.2, 0.25) is 5.15 Å². The summed E-state index contributed by atoms with van der Waals surface area (Å²) in [6.45, 7) is 1.85. The quantitative estimate of drug-likeness (QED) is 0.280. The molecule has 0 radical (unpaired) electrons. The zero-order valence-corrected chi connectivity index (χ0v) is 18.6.